The van der Waals surface area contributed by atoms with Crippen LogP contribution in [0.1, 0.15) is 53.7 Å². The Labute approximate surface area is 170 Å². The summed E-state index contributed by atoms with van der Waals surface area (Å²) >= 11 is 0. The predicted octanol–water partition coefficient (Wildman–Crippen LogP) is 3.52. The van der Waals surface area contributed by atoms with E-state index in [1.165, 1.54) is 0 Å². The van der Waals surface area contributed by atoms with Crippen molar-refractivity contribution in [1.29, 1.82) is 0 Å². The van der Waals surface area contributed by atoms with Crippen molar-refractivity contribution in [3.8, 4) is 16.9 Å². The average molecular weight is 400 g/mol. The Bertz CT molecular complexity index is 881. The predicted molar refractivity (Wildman–Crippen MR) is 110 cm³/mol. The van der Waals surface area contributed by atoms with Crippen LogP contribution in [-0.2, 0) is 9.53 Å². The van der Waals surface area contributed by atoms with Gasteiger partial charge < -0.3 is 19.8 Å². The molecule has 1 amide bonds. The fourth-order valence-electron chi connectivity index (χ4n) is 2.97. The Morgan fingerprint density at radius 1 is 1.14 bits per heavy atom. The summed E-state index contributed by atoms with van der Waals surface area (Å²) in [6.07, 6.45) is 0.766. The number of aromatic nitrogens is 1. The van der Waals surface area contributed by atoms with Gasteiger partial charge in [0.05, 0.1) is 19.3 Å². The monoisotopic (exact) mass is 400 g/mol. The molecule has 0 aliphatic carbocycles. The summed E-state index contributed by atoms with van der Waals surface area (Å²) in [7, 11) is 1.55. The van der Waals surface area contributed by atoms with E-state index in [4.69, 9.17) is 9.47 Å². The molecule has 2 rings (SSSR count). The molecule has 0 fully saturated rings. The molecule has 0 saturated carbocycles. The minimum Gasteiger partial charge on any atom is -0.497 e. The van der Waals surface area contributed by atoms with Gasteiger partial charge in [-0.15, -0.1) is 0 Å². The first-order valence-corrected chi connectivity index (χ1v) is 9.66. The van der Waals surface area contributed by atoms with Crippen molar-refractivity contribution < 1.29 is 23.9 Å². The van der Waals surface area contributed by atoms with Crippen LogP contribution in [0.3, 0.4) is 0 Å². The Balaban J connectivity index is 2.48. The minimum absolute atomic E-state index is 0.0674. The molecule has 7 heteroatoms. The Morgan fingerprint density at radius 3 is 2.34 bits per heavy atom. The normalized spacial score (nSPS) is 10.7. The molecule has 1 aromatic heterocycles. The van der Waals surface area contributed by atoms with Crippen molar-refractivity contribution >= 4 is 17.7 Å². The molecular formula is C22H28N2O5. The maximum absolute atomic E-state index is 12.9. The number of nitrogens with one attached hydrogen (secondary N) is 2. The quantitative estimate of drug-likeness (QED) is 0.381. The van der Waals surface area contributed by atoms with Gasteiger partial charge in [-0.25, -0.2) is 4.79 Å². The van der Waals surface area contributed by atoms with E-state index < -0.39 is 17.7 Å². The van der Waals surface area contributed by atoms with E-state index in [-0.39, 0.29) is 17.9 Å². The molecule has 2 N–H and O–H groups in total. The van der Waals surface area contributed by atoms with Crippen molar-refractivity contribution in [3.05, 3.63) is 41.2 Å². The van der Waals surface area contributed by atoms with E-state index in [1.54, 1.807) is 45.2 Å². The topological polar surface area (TPSA) is 97.5 Å². The fourth-order valence-corrected chi connectivity index (χ4v) is 2.97. The highest BCUT2D eigenvalue weighted by atomic mass is 16.5. The Hall–Kier alpha value is -3.09. The summed E-state index contributed by atoms with van der Waals surface area (Å²) in [6.45, 7) is 8.06. The first kappa shape index (κ1) is 22.2. The second-order valence-electron chi connectivity index (χ2n) is 7.09. The molecule has 0 bridgehead atoms. The summed E-state index contributed by atoms with van der Waals surface area (Å²) in [5, 5.41) is 2.65. The number of amides is 1. The molecule has 1 aromatic carbocycles. The summed E-state index contributed by atoms with van der Waals surface area (Å²) in [6, 6.07) is 6.92. The third-order valence-corrected chi connectivity index (χ3v) is 4.49. The minimum atomic E-state index is -0.724. The number of carbonyl (C=O) groups excluding carboxylic acids is 3. The van der Waals surface area contributed by atoms with Crippen LogP contribution in [0.4, 0.5) is 0 Å². The first-order chi connectivity index (χ1) is 13.8. The highest BCUT2D eigenvalue weighted by Gasteiger charge is 2.29. The third-order valence-electron chi connectivity index (χ3n) is 4.49. The molecule has 0 unspecified atom stereocenters. The molecule has 0 spiro atoms. The van der Waals surface area contributed by atoms with Crippen LogP contribution in [0.15, 0.2) is 24.3 Å². The largest absolute Gasteiger partial charge is 0.497 e. The lowest BCUT2D eigenvalue weighted by Gasteiger charge is -2.09. The number of benzene rings is 1. The molecule has 29 heavy (non-hydrogen) atoms. The molecule has 0 atom stereocenters. The lowest BCUT2D eigenvalue weighted by molar-refractivity contribution is -0.117. The highest BCUT2D eigenvalue weighted by Crippen LogP contribution is 2.32. The lowest BCUT2D eigenvalue weighted by atomic mass is 9.98. The van der Waals surface area contributed by atoms with Gasteiger partial charge in [0.25, 0.3) is 11.7 Å². The average Bonchev–Trinajstić information content (AvgIpc) is 3.04. The number of rotatable bonds is 9. The highest BCUT2D eigenvalue weighted by molar-refractivity contribution is 6.43. The summed E-state index contributed by atoms with van der Waals surface area (Å²) in [4.78, 5) is 40.7. The van der Waals surface area contributed by atoms with Gasteiger partial charge in [-0.1, -0.05) is 26.0 Å². The fraction of sp³-hybridized carbons (Fsp3) is 0.409. The maximum atomic E-state index is 12.9. The number of aromatic amines is 1. The zero-order valence-corrected chi connectivity index (χ0v) is 17.5. The van der Waals surface area contributed by atoms with Crippen LogP contribution in [0, 0.1) is 12.8 Å². The van der Waals surface area contributed by atoms with Gasteiger partial charge in [0, 0.05) is 17.8 Å². The van der Waals surface area contributed by atoms with Gasteiger partial charge in [-0.2, -0.15) is 0 Å². The smallest absolute Gasteiger partial charge is 0.340 e. The number of H-pyrrole nitrogens is 1. The molecule has 2 aromatic rings. The number of aryl methyl sites for hydroxylation is 1. The molecule has 0 aliphatic heterocycles. The van der Waals surface area contributed by atoms with E-state index in [0.29, 0.717) is 35.0 Å². The van der Waals surface area contributed by atoms with Crippen LogP contribution in [0.25, 0.3) is 11.1 Å². The van der Waals surface area contributed by atoms with Gasteiger partial charge >= 0.3 is 5.97 Å². The van der Waals surface area contributed by atoms with Crippen molar-refractivity contribution in [2.24, 2.45) is 5.92 Å². The number of carbonyl (C=O) groups is 3. The molecule has 0 saturated heterocycles. The number of ether oxygens (including phenoxy) is 2. The number of esters is 1. The van der Waals surface area contributed by atoms with E-state index in [9.17, 15) is 14.4 Å². The van der Waals surface area contributed by atoms with E-state index >= 15 is 0 Å². The van der Waals surface area contributed by atoms with Gasteiger partial charge in [0.15, 0.2) is 0 Å². The number of ketones is 1. The lowest BCUT2D eigenvalue weighted by Crippen LogP contribution is -2.32. The molecule has 0 radical (unpaired) electrons. The van der Waals surface area contributed by atoms with Gasteiger partial charge in [0.2, 0.25) is 0 Å². The number of hydrogen-bond donors (Lipinski definition) is 2. The molecular weight excluding hydrogens is 372 g/mol. The Kier molecular flexibility index (Phi) is 7.59. The van der Waals surface area contributed by atoms with Crippen LogP contribution in [0.2, 0.25) is 0 Å². The van der Waals surface area contributed by atoms with Crippen molar-refractivity contribution in [2.75, 3.05) is 20.3 Å². The zero-order chi connectivity index (χ0) is 21.6. The van der Waals surface area contributed by atoms with Crippen LogP contribution >= 0.6 is 0 Å². The third kappa shape index (κ3) is 5.25. The van der Waals surface area contributed by atoms with Crippen molar-refractivity contribution in [2.45, 2.75) is 34.1 Å². The Morgan fingerprint density at radius 2 is 1.79 bits per heavy atom. The van der Waals surface area contributed by atoms with Crippen LogP contribution in [-0.4, -0.2) is 42.9 Å². The van der Waals surface area contributed by atoms with E-state index in [2.05, 4.69) is 10.3 Å². The maximum Gasteiger partial charge on any atom is 0.340 e. The second-order valence-corrected chi connectivity index (χ2v) is 7.09. The zero-order valence-electron chi connectivity index (χ0n) is 17.5. The van der Waals surface area contributed by atoms with Gasteiger partial charge in [0.1, 0.15) is 11.4 Å². The number of Topliss-reactive ketones (excluding diaryl/α,β-unsaturated/α-hetero) is 1. The standard InChI is InChI=1S/C22H28N2O5/c1-6-29-22(27)17-14(4)24-19(20(25)21(26)23-12-11-13(2)3)18(17)15-7-9-16(28-5)10-8-15/h7-10,13,24H,6,11-12H2,1-5H3,(H,23,26). The van der Waals surface area contributed by atoms with Crippen molar-refractivity contribution in [1.82, 2.24) is 10.3 Å². The SMILES string of the molecule is CCOC(=O)c1c(C)[nH]c(C(=O)C(=O)NCCC(C)C)c1-c1ccc(OC)cc1. The van der Waals surface area contributed by atoms with Gasteiger partial charge in [-0.3, -0.25) is 9.59 Å². The van der Waals surface area contributed by atoms with E-state index in [1.807, 2.05) is 13.8 Å². The van der Waals surface area contributed by atoms with E-state index in [0.717, 1.165) is 6.42 Å². The molecule has 0 aliphatic rings. The summed E-state index contributed by atoms with van der Waals surface area (Å²) < 4.78 is 10.3. The van der Waals surface area contributed by atoms with Crippen LogP contribution < -0.4 is 10.1 Å². The summed E-state index contributed by atoms with van der Waals surface area (Å²) in [5.74, 6) is -0.942. The first-order valence-electron chi connectivity index (χ1n) is 9.66. The van der Waals surface area contributed by atoms with Crippen LogP contribution in [0.5, 0.6) is 5.75 Å². The van der Waals surface area contributed by atoms with Gasteiger partial charge in [-0.05, 0) is 43.9 Å². The number of hydrogen-bond acceptors (Lipinski definition) is 5. The van der Waals surface area contributed by atoms with Crippen molar-refractivity contribution in [3.63, 3.8) is 0 Å². The molecule has 7 nitrogen and oxygen atoms in total. The molecule has 1 heterocycles. The number of methoxy groups -OCH3 is 1. The summed E-state index contributed by atoms with van der Waals surface area (Å²) in [5.41, 5.74) is 1.74. The molecule has 156 valence electrons. The second kappa shape index (κ2) is 9.91.